The SMILES string of the molecule is COC(=O)C1CCCN1[C@@H](C)c1ccc(N2C(=O)Cc3cc(OC)c(OC(C)C)cc3[C@@H]2c2ccc(Cl)cc2)cc1. The zero-order valence-corrected chi connectivity index (χ0v) is 25.0. The Kier molecular flexibility index (Phi) is 8.57. The van der Waals surface area contributed by atoms with Gasteiger partial charge in [0.05, 0.1) is 32.8 Å². The smallest absolute Gasteiger partial charge is 0.323 e. The van der Waals surface area contributed by atoms with Crippen molar-refractivity contribution in [3.05, 3.63) is 87.9 Å². The lowest BCUT2D eigenvalue weighted by atomic mass is 9.86. The molecule has 1 fully saturated rings. The molecular formula is C33H37ClN2O5. The Morgan fingerprint density at radius 2 is 1.68 bits per heavy atom. The molecule has 3 atom stereocenters. The molecule has 0 aliphatic carbocycles. The van der Waals surface area contributed by atoms with Gasteiger partial charge in [-0.3, -0.25) is 14.5 Å². The van der Waals surface area contributed by atoms with Crippen LogP contribution < -0.4 is 14.4 Å². The molecule has 0 radical (unpaired) electrons. The Bertz CT molecular complexity index is 1410. The Morgan fingerprint density at radius 1 is 0.976 bits per heavy atom. The minimum absolute atomic E-state index is 0.0110. The lowest BCUT2D eigenvalue weighted by molar-refractivity contribution is -0.146. The number of likely N-dealkylation sites (tertiary alicyclic amines) is 1. The number of carbonyl (C=O) groups excluding carboxylic acids is 2. The molecule has 2 aliphatic rings. The summed E-state index contributed by atoms with van der Waals surface area (Å²) in [7, 11) is 3.05. The predicted octanol–water partition coefficient (Wildman–Crippen LogP) is 6.51. The van der Waals surface area contributed by atoms with Crippen LogP contribution in [0.4, 0.5) is 5.69 Å². The van der Waals surface area contributed by atoms with E-state index in [1.807, 2.05) is 67.3 Å². The van der Waals surface area contributed by atoms with Gasteiger partial charge in [0.25, 0.3) is 0 Å². The van der Waals surface area contributed by atoms with Crippen molar-refractivity contribution < 1.29 is 23.8 Å². The summed E-state index contributed by atoms with van der Waals surface area (Å²) in [5, 5.41) is 0.631. The van der Waals surface area contributed by atoms with Crippen molar-refractivity contribution >= 4 is 29.2 Å². The molecule has 1 unspecified atom stereocenters. The Hall–Kier alpha value is -3.55. The van der Waals surface area contributed by atoms with E-state index in [2.05, 4.69) is 24.0 Å². The number of nitrogens with zero attached hydrogens (tertiary/aromatic N) is 2. The highest BCUT2D eigenvalue weighted by molar-refractivity contribution is 6.30. The molecule has 1 amide bonds. The minimum Gasteiger partial charge on any atom is -0.493 e. The van der Waals surface area contributed by atoms with Crippen molar-refractivity contribution in [3.63, 3.8) is 0 Å². The molecule has 2 aliphatic heterocycles. The van der Waals surface area contributed by atoms with Crippen molar-refractivity contribution in [2.45, 2.75) is 64.3 Å². The molecule has 3 aromatic carbocycles. The standard InChI is InChI=1S/C33H37ClN2O5/c1-20(2)41-30-19-27-24(17-29(30)39-4)18-31(37)36(32(27)23-8-12-25(34)13-9-23)26-14-10-22(11-15-26)21(3)35-16-6-7-28(35)33(38)40-5/h8-15,17,19-21,28,32H,6-7,16,18H2,1-5H3/t21-,28?,32-/m0/s1. The summed E-state index contributed by atoms with van der Waals surface area (Å²) >= 11 is 6.24. The van der Waals surface area contributed by atoms with Gasteiger partial charge in [-0.15, -0.1) is 0 Å². The van der Waals surface area contributed by atoms with E-state index in [4.69, 9.17) is 25.8 Å². The number of carbonyl (C=O) groups is 2. The summed E-state index contributed by atoms with van der Waals surface area (Å²) in [6.07, 6.45) is 1.96. The van der Waals surface area contributed by atoms with E-state index in [-0.39, 0.29) is 42.5 Å². The first-order valence-corrected chi connectivity index (χ1v) is 14.5. The van der Waals surface area contributed by atoms with Crippen molar-refractivity contribution in [3.8, 4) is 11.5 Å². The summed E-state index contributed by atoms with van der Waals surface area (Å²) in [5.41, 5.74) is 4.71. The van der Waals surface area contributed by atoms with Crippen LogP contribution in [0.3, 0.4) is 0 Å². The van der Waals surface area contributed by atoms with Crippen LogP contribution in [-0.4, -0.2) is 49.7 Å². The van der Waals surface area contributed by atoms with Crippen LogP contribution >= 0.6 is 11.6 Å². The second-order valence-electron chi connectivity index (χ2n) is 10.9. The summed E-state index contributed by atoms with van der Waals surface area (Å²) in [6.45, 7) is 6.90. The Labute approximate surface area is 246 Å². The Morgan fingerprint density at radius 3 is 2.32 bits per heavy atom. The van der Waals surface area contributed by atoms with Crippen LogP contribution in [0.5, 0.6) is 11.5 Å². The predicted molar refractivity (Wildman–Crippen MR) is 160 cm³/mol. The lowest BCUT2D eigenvalue weighted by Crippen LogP contribution is -2.41. The molecule has 7 nitrogen and oxygen atoms in total. The fraction of sp³-hybridized carbons (Fsp3) is 0.394. The monoisotopic (exact) mass is 576 g/mol. The van der Waals surface area contributed by atoms with Crippen LogP contribution in [0.25, 0.3) is 0 Å². The molecule has 0 aromatic heterocycles. The van der Waals surface area contributed by atoms with Gasteiger partial charge in [0.15, 0.2) is 11.5 Å². The number of esters is 1. The van der Waals surface area contributed by atoms with Gasteiger partial charge in [-0.2, -0.15) is 0 Å². The molecule has 8 heteroatoms. The van der Waals surface area contributed by atoms with E-state index in [1.165, 1.54) is 7.11 Å². The highest BCUT2D eigenvalue weighted by Gasteiger charge is 2.37. The molecule has 3 aromatic rings. The lowest BCUT2D eigenvalue weighted by Gasteiger charge is -2.38. The third-order valence-corrected chi connectivity index (χ3v) is 8.31. The number of ether oxygens (including phenoxy) is 3. The van der Waals surface area contributed by atoms with Gasteiger partial charge in [0.1, 0.15) is 6.04 Å². The van der Waals surface area contributed by atoms with Gasteiger partial charge in [-0.25, -0.2) is 0 Å². The topological polar surface area (TPSA) is 68.3 Å². The average Bonchev–Trinajstić information content (AvgIpc) is 3.46. The minimum atomic E-state index is -0.380. The molecule has 1 saturated heterocycles. The summed E-state index contributed by atoms with van der Waals surface area (Å²) in [6, 6.07) is 19.1. The van der Waals surface area contributed by atoms with Crippen molar-refractivity contribution in [1.82, 2.24) is 4.90 Å². The number of amides is 1. The van der Waals surface area contributed by atoms with E-state index in [0.29, 0.717) is 16.5 Å². The molecular weight excluding hydrogens is 540 g/mol. The fourth-order valence-electron chi connectivity index (χ4n) is 6.08. The fourth-order valence-corrected chi connectivity index (χ4v) is 6.20. The number of rotatable bonds is 8. The number of halogens is 1. The van der Waals surface area contributed by atoms with Gasteiger partial charge < -0.3 is 19.1 Å². The molecule has 5 rings (SSSR count). The van der Waals surface area contributed by atoms with E-state index >= 15 is 0 Å². The third-order valence-electron chi connectivity index (χ3n) is 8.06. The van der Waals surface area contributed by atoms with Crippen LogP contribution in [0.15, 0.2) is 60.7 Å². The molecule has 0 spiro atoms. The number of anilines is 1. The number of hydrogen-bond donors (Lipinski definition) is 0. The first kappa shape index (κ1) is 29.0. The quantitative estimate of drug-likeness (QED) is 0.285. The van der Waals surface area contributed by atoms with Gasteiger partial charge in [-0.1, -0.05) is 35.9 Å². The van der Waals surface area contributed by atoms with E-state index in [1.54, 1.807) is 7.11 Å². The second-order valence-corrected chi connectivity index (χ2v) is 11.4. The highest BCUT2D eigenvalue weighted by Crippen LogP contribution is 2.44. The molecule has 0 saturated carbocycles. The Balaban J connectivity index is 1.54. The number of methoxy groups -OCH3 is 2. The first-order chi connectivity index (χ1) is 19.7. The van der Waals surface area contributed by atoms with Gasteiger partial charge in [0.2, 0.25) is 5.91 Å². The molecule has 2 heterocycles. The molecule has 216 valence electrons. The van der Waals surface area contributed by atoms with Gasteiger partial charge in [0, 0.05) is 16.8 Å². The van der Waals surface area contributed by atoms with Gasteiger partial charge >= 0.3 is 5.97 Å². The second kappa shape index (κ2) is 12.1. The van der Waals surface area contributed by atoms with E-state index in [9.17, 15) is 9.59 Å². The summed E-state index contributed by atoms with van der Waals surface area (Å²) < 4.78 is 16.8. The van der Waals surface area contributed by atoms with Crippen molar-refractivity contribution in [2.24, 2.45) is 0 Å². The van der Waals surface area contributed by atoms with Crippen LogP contribution in [0, 0.1) is 0 Å². The summed E-state index contributed by atoms with van der Waals surface area (Å²) in [4.78, 5) is 30.2. The number of fused-ring (bicyclic) bond motifs is 1. The maximum Gasteiger partial charge on any atom is 0.323 e. The summed E-state index contributed by atoms with van der Waals surface area (Å²) in [5.74, 6) is 1.05. The number of benzene rings is 3. The number of hydrogen-bond acceptors (Lipinski definition) is 6. The zero-order valence-electron chi connectivity index (χ0n) is 24.2. The van der Waals surface area contributed by atoms with Crippen molar-refractivity contribution in [2.75, 3.05) is 25.7 Å². The normalized spacial score (nSPS) is 19.7. The molecule has 0 bridgehead atoms. The maximum atomic E-state index is 13.8. The first-order valence-electron chi connectivity index (χ1n) is 14.1. The largest absolute Gasteiger partial charge is 0.493 e. The molecule has 0 N–H and O–H groups in total. The average molecular weight is 577 g/mol. The highest BCUT2D eigenvalue weighted by atomic mass is 35.5. The van der Waals surface area contributed by atoms with E-state index < -0.39 is 0 Å². The van der Waals surface area contributed by atoms with Crippen LogP contribution in [0.2, 0.25) is 5.02 Å². The third kappa shape index (κ3) is 5.79. The zero-order chi connectivity index (χ0) is 29.3. The molecule has 41 heavy (non-hydrogen) atoms. The maximum absolute atomic E-state index is 13.8. The van der Waals surface area contributed by atoms with Crippen LogP contribution in [0.1, 0.15) is 68.0 Å². The van der Waals surface area contributed by atoms with Crippen LogP contribution in [-0.2, 0) is 20.7 Å². The van der Waals surface area contributed by atoms with Crippen molar-refractivity contribution in [1.29, 1.82) is 0 Å². The van der Waals surface area contributed by atoms with Gasteiger partial charge in [-0.05, 0) is 98.8 Å². The van der Waals surface area contributed by atoms with E-state index in [0.717, 1.165) is 47.3 Å².